The molecule has 0 radical (unpaired) electrons. The number of nitrogens with one attached hydrogen (secondary N) is 1. The van der Waals surface area contributed by atoms with Crippen molar-refractivity contribution in [3.05, 3.63) is 24.3 Å². The number of aliphatic hydroxyl groups is 1. The summed E-state index contributed by atoms with van der Waals surface area (Å²) in [6, 6.07) is 7.46. The second kappa shape index (κ2) is 5.47. The predicted octanol–water partition coefficient (Wildman–Crippen LogP) is 1.04. The van der Waals surface area contributed by atoms with Gasteiger partial charge in [-0.3, -0.25) is 0 Å². The first kappa shape index (κ1) is 10.8. The van der Waals surface area contributed by atoms with E-state index >= 15 is 0 Å². The van der Waals surface area contributed by atoms with Gasteiger partial charge in [-0.2, -0.15) is 0 Å². The van der Waals surface area contributed by atoms with Gasteiger partial charge in [-0.1, -0.05) is 0 Å². The fourth-order valence-corrected chi connectivity index (χ4v) is 1.03. The van der Waals surface area contributed by atoms with Gasteiger partial charge in [-0.15, -0.1) is 0 Å². The number of aliphatic hydroxyl groups excluding tert-OH is 1. The lowest BCUT2D eigenvalue weighted by Gasteiger charge is -2.08. The van der Waals surface area contributed by atoms with Gasteiger partial charge >= 0.3 is 0 Å². The monoisotopic (exact) mass is 196 g/mol. The van der Waals surface area contributed by atoms with Crippen LogP contribution in [0.5, 0.6) is 0 Å². The smallest absolute Gasteiger partial charge is 0.151 e. The predicted molar refractivity (Wildman–Crippen MR) is 57.0 cm³/mol. The van der Waals surface area contributed by atoms with Crippen molar-refractivity contribution in [3.8, 4) is 0 Å². The lowest BCUT2D eigenvalue weighted by Crippen LogP contribution is -2.14. The molecular formula is C10H16N2O2. The van der Waals surface area contributed by atoms with Crippen LogP contribution in [0.3, 0.4) is 0 Å². The van der Waals surface area contributed by atoms with Crippen molar-refractivity contribution in [2.45, 2.75) is 13.2 Å². The van der Waals surface area contributed by atoms with Crippen LogP contribution in [0.15, 0.2) is 24.3 Å². The van der Waals surface area contributed by atoms with Crippen LogP contribution < -0.4 is 11.1 Å². The van der Waals surface area contributed by atoms with E-state index in [1.165, 1.54) is 0 Å². The topological polar surface area (TPSA) is 67.5 Å². The van der Waals surface area contributed by atoms with E-state index < -0.39 is 6.29 Å². The molecule has 14 heavy (non-hydrogen) atoms. The maximum Gasteiger partial charge on any atom is 0.151 e. The molecule has 0 aliphatic heterocycles. The second-order valence-electron chi connectivity index (χ2n) is 3.02. The molecule has 4 nitrogen and oxygen atoms in total. The summed E-state index contributed by atoms with van der Waals surface area (Å²) in [7, 11) is 0. The van der Waals surface area contributed by atoms with Gasteiger partial charge in [0.25, 0.3) is 0 Å². The Morgan fingerprint density at radius 2 is 2.07 bits per heavy atom. The summed E-state index contributed by atoms with van der Waals surface area (Å²) in [6.45, 7) is 2.72. The van der Waals surface area contributed by atoms with Crippen LogP contribution in [0.25, 0.3) is 0 Å². The van der Waals surface area contributed by atoms with Crippen molar-refractivity contribution < 1.29 is 9.84 Å². The highest BCUT2D eigenvalue weighted by atomic mass is 16.6. The SMILES string of the molecule is CC(O)OCCNc1ccc(N)cc1. The van der Waals surface area contributed by atoms with E-state index in [9.17, 15) is 0 Å². The highest BCUT2D eigenvalue weighted by molar-refractivity contribution is 5.51. The number of nitrogen functional groups attached to an aromatic ring is 1. The number of ether oxygens (including phenoxy) is 1. The minimum absolute atomic E-state index is 0.474. The number of benzene rings is 1. The summed E-state index contributed by atoms with van der Waals surface area (Å²) < 4.78 is 4.96. The highest BCUT2D eigenvalue weighted by Gasteiger charge is 1.94. The van der Waals surface area contributed by atoms with Crippen molar-refractivity contribution in [2.75, 3.05) is 24.2 Å². The first-order chi connectivity index (χ1) is 6.68. The van der Waals surface area contributed by atoms with Crippen LogP contribution in [0, 0.1) is 0 Å². The maximum atomic E-state index is 8.82. The summed E-state index contributed by atoms with van der Waals surface area (Å²) >= 11 is 0. The molecule has 4 heteroatoms. The molecule has 0 bridgehead atoms. The third-order valence-corrected chi connectivity index (χ3v) is 1.70. The number of nitrogens with two attached hydrogens (primary N) is 1. The number of rotatable bonds is 5. The Balaban J connectivity index is 2.21. The molecule has 0 amide bonds. The molecule has 0 saturated heterocycles. The number of anilines is 2. The number of hydrogen-bond acceptors (Lipinski definition) is 4. The average Bonchev–Trinajstić information content (AvgIpc) is 2.15. The Labute approximate surface area is 83.7 Å². The van der Waals surface area contributed by atoms with Gasteiger partial charge < -0.3 is 20.9 Å². The summed E-state index contributed by atoms with van der Waals surface area (Å²) in [5.74, 6) is 0. The second-order valence-corrected chi connectivity index (χ2v) is 3.02. The lowest BCUT2D eigenvalue weighted by molar-refractivity contribution is -0.0811. The molecule has 4 N–H and O–H groups in total. The van der Waals surface area contributed by atoms with Crippen LogP contribution in [0.1, 0.15) is 6.92 Å². The molecule has 0 saturated carbocycles. The Morgan fingerprint density at radius 1 is 1.43 bits per heavy atom. The molecule has 0 aliphatic rings. The van der Waals surface area contributed by atoms with Gasteiger partial charge in [0.15, 0.2) is 6.29 Å². The standard InChI is InChI=1S/C10H16N2O2/c1-8(13)14-7-6-12-10-4-2-9(11)3-5-10/h2-5,8,12-13H,6-7,11H2,1H3. The van der Waals surface area contributed by atoms with E-state index in [0.29, 0.717) is 13.2 Å². The molecule has 0 aromatic heterocycles. The Kier molecular flexibility index (Phi) is 4.22. The molecule has 0 fully saturated rings. The normalized spacial score (nSPS) is 12.4. The van der Waals surface area contributed by atoms with Crippen molar-refractivity contribution in [1.82, 2.24) is 0 Å². The quantitative estimate of drug-likeness (QED) is 0.374. The summed E-state index contributed by atoms with van der Waals surface area (Å²) in [5.41, 5.74) is 7.28. The van der Waals surface area contributed by atoms with E-state index in [4.69, 9.17) is 15.6 Å². The maximum absolute atomic E-state index is 8.82. The third kappa shape index (κ3) is 4.11. The zero-order chi connectivity index (χ0) is 10.4. The van der Waals surface area contributed by atoms with Gasteiger partial charge in [0.2, 0.25) is 0 Å². The Hall–Kier alpha value is -1.26. The van der Waals surface area contributed by atoms with Crippen LogP contribution in [-0.2, 0) is 4.74 Å². The van der Waals surface area contributed by atoms with Crippen LogP contribution in [-0.4, -0.2) is 24.5 Å². The molecule has 1 rings (SSSR count). The summed E-state index contributed by atoms with van der Waals surface area (Å²) in [6.07, 6.45) is -0.705. The molecule has 1 aromatic rings. The fourth-order valence-electron chi connectivity index (χ4n) is 1.03. The molecule has 78 valence electrons. The minimum atomic E-state index is -0.705. The van der Waals surface area contributed by atoms with Crippen LogP contribution in [0.2, 0.25) is 0 Å². The van der Waals surface area contributed by atoms with E-state index in [1.54, 1.807) is 6.92 Å². The summed E-state index contributed by atoms with van der Waals surface area (Å²) in [5, 5.41) is 12.0. The molecule has 0 heterocycles. The molecular weight excluding hydrogens is 180 g/mol. The van der Waals surface area contributed by atoms with E-state index in [-0.39, 0.29) is 0 Å². The van der Waals surface area contributed by atoms with Crippen molar-refractivity contribution in [3.63, 3.8) is 0 Å². The van der Waals surface area contributed by atoms with Crippen molar-refractivity contribution in [1.29, 1.82) is 0 Å². The minimum Gasteiger partial charge on any atom is -0.399 e. The third-order valence-electron chi connectivity index (χ3n) is 1.70. The largest absolute Gasteiger partial charge is 0.399 e. The van der Waals surface area contributed by atoms with E-state index in [0.717, 1.165) is 11.4 Å². The Morgan fingerprint density at radius 3 is 2.64 bits per heavy atom. The van der Waals surface area contributed by atoms with E-state index in [1.807, 2.05) is 24.3 Å². The molecule has 1 unspecified atom stereocenters. The van der Waals surface area contributed by atoms with Gasteiger partial charge in [-0.25, -0.2) is 0 Å². The van der Waals surface area contributed by atoms with Gasteiger partial charge in [-0.05, 0) is 31.2 Å². The molecule has 1 atom stereocenters. The molecule has 0 aliphatic carbocycles. The van der Waals surface area contributed by atoms with Gasteiger partial charge in [0.1, 0.15) is 0 Å². The molecule has 1 aromatic carbocycles. The zero-order valence-electron chi connectivity index (χ0n) is 8.23. The number of hydrogen-bond donors (Lipinski definition) is 3. The Bertz CT molecular complexity index is 259. The lowest BCUT2D eigenvalue weighted by atomic mass is 10.3. The van der Waals surface area contributed by atoms with Crippen molar-refractivity contribution >= 4 is 11.4 Å². The first-order valence-electron chi connectivity index (χ1n) is 4.57. The van der Waals surface area contributed by atoms with Crippen molar-refractivity contribution in [2.24, 2.45) is 0 Å². The average molecular weight is 196 g/mol. The first-order valence-corrected chi connectivity index (χ1v) is 4.57. The highest BCUT2D eigenvalue weighted by Crippen LogP contribution is 2.09. The summed E-state index contributed by atoms with van der Waals surface area (Å²) in [4.78, 5) is 0. The van der Waals surface area contributed by atoms with Crippen LogP contribution in [0.4, 0.5) is 11.4 Å². The van der Waals surface area contributed by atoms with E-state index in [2.05, 4.69) is 5.32 Å². The fraction of sp³-hybridized carbons (Fsp3) is 0.400. The van der Waals surface area contributed by atoms with Gasteiger partial charge in [0, 0.05) is 17.9 Å². The molecule has 0 spiro atoms. The zero-order valence-corrected chi connectivity index (χ0v) is 8.23. The van der Waals surface area contributed by atoms with Crippen LogP contribution >= 0.6 is 0 Å². The van der Waals surface area contributed by atoms with Gasteiger partial charge in [0.05, 0.1) is 6.61 Å².